The molecular formula is C8H16N2. The van der Waals surface area contributed by atoms with Crippen molar-refractivity contribution in [3.05, 3.63) is 12.7 Å². The summed E-state index contributed by atoms with van der Waals surface area (Å²) in [7, 11) is 0. The van der Waals surface area contributed by atoms with E-state index >= 15 is 0 Å². The van der Waals surface area contributed by atoms with Crippen LogP contribution in [0.2, 0.25) is 0 Å². The second-order valence-electron chi connectivity index (χ2n) is 3.04. The minimum Gasteiger partial charge on any atom is -0.328 e. The monoisotopic (exact) mass is 140 g/mol. The first-order valence-electron chi connectivity index (χ1n) is 3.90. The number of hydrogen-bond donors (Lipinski definition) is 2. The zero-order valence-electron chi connectivity index (χ0n) is 6.34. The van der Waals surface area contributed by atoms with Gasteiger partial charge in [0.15, 0.2) is 0 Å². The van der Waals surface area contributed by atoms with Gasteiger partial charge >= 0.3 is 0 Å². The van der Waals surface area contributed by atoms with Gasteiger partial charge in [-0.25, -0.2) is 0 Å². The van der Waals surface area contributed by atoms with E-state index in [-0.39, 0.29) is 0 Å². The maximum Gasteiger partial charge on any atom is 0.0132 e. The van der Waals surface area contributed by atoms with E-state index < -0.39 is 0 Å². The molecule has 2 heteroatoms. The van der Waals surface area contributed by atoms with Gasteiger partial charge < -0.3 is 11.1 Å². The number of nitrogens with one attached hydrogen (secondary N) is 1. The van der Waals surface area contributed by atoms with Gasteiger partial charge in [0.05, 0.1) is 0 Å². The van der Waals surface area contributed by atoms with E-state index in [0.29, 0.717) is 6.04 Å². The zero-order valence-corrected chi connectivity index (χ0v) is 6.34. The van der Waals surface area contributed by atoms with Crippen molar-refractivity contribution in [2.75, 3.05) is 13.1 Å². The molecule has 0 radical (unpaired) electrons. The lowest BCUT2D eigenvalue weighted by atomic mass is 9.81. The van der Waals surface area contributed by atoms with Gasteiger partial charge in [-0.2, -0.15) is 0 Å². The molecule has 0 atom stereocenters. The number of rotatable bonds is 4. The van der Waals surface area contributed by atoms with Crippen LogP contribution < -0.4 is 11.1 Å². The largest absolute Gasteiger partial charge is 0.328 e. The summed E-state index contributed by atoms with van der Waals surface area (Å²) in [5, 5.41) is 3.28. The maximum atomic E-state index is 5.63. The Labute approximate surface area is 62.5 Å². The minimum atomic E-state index is 0.482. The minimum absolute atomic E-state index is 0.482. The second kappa shape index (κ2) is 3.74. The summed E-state index contributed by atoms with van der Waals surface area (Å²) in [5.74, 6) is 0.829. The standard InChI is InChI=1S/C8H16N2/c1-2-3-10-6-7-4-8(9)5-7/h2,7-8,10H,1,3-6,9H2. The van der Waals surface area contributed by atoms with Crippen LogP contribution in [0.25, 0.3) is 0 Å². The lowest BCUT2D eigenvalue weighted by Gasteiger charge is -2.32. The fourth-order valence-corrected chi connectivity index (χ4v) is 1.34. The lowest BCUT2D eigenvalue weighted by Crippen LogP contribution is -2.41. The van der Waals surface area contributed by atoms with Crippen LogP contribution in [0.3, 0.4) is 0 Å². The predicted octanol–water partition coefficient (Wildman–Crippen LogP) is 0.499. The van der Waals surface area contributed by atoms with E-state index in [2.05, 4.69) is 11.9 Å². The van der Waals surface area contributed by atoms with E-state index in [4.69, 9.17) is 5.73 Å². The summed E-state index contributed by atoms with van der Waals surface area (Å²) in [5.41, 5.74) is 5.63. The van der Waals surface area contributed by atoms with E-state index in [9.17, 15) is 0 Å². The van der Waals surface area contributed by atoms with Crippen molar-refractivity contribution < 1.29 is 0 Å². The van der Waals surface area contributed by atoms with Crippen molar-refractivity contribution >= 4 is 0 Å². The number of nitrogens with two attached hydrogens (primary N) is 1. The molecule has 0 aromatic heterocycles. The van der Waals surface area contributed by atoms with Crippen LogP contribution in [-0.2, 0) is 0 Å². The first-order chi connectivity index (χ1) is 4.83. The molecule has 0 unspecified atom stereocenters. The molecule has 0 bridgehead atoms. The van der Waals surface area contributed by atoms with Gasteiger partial charge in [-0.3, -0.25) is 0 Å². The predicted molar refractivity (Wildman–Crippen MR) is 43.8 cm³/mol. The molecule has 58 valence electrons. The molecule has 1 aliphatic carbocycles. The first kappa shape index (κ1) is 7.76. The fraction of sp³-hybridized carbons (Fsp3) is 0.750. The number of hydrogen-bond acceptors (Lipinski definition) is 2. The Morgan fingerprint density at radius 2 is 2.30 bits per heavy atom. The maximum absolute atomic E-state index is 5.63. The van der Waals surface area contributed by atoms with Gasteiger partial charge in [0.2, 0.25) is 0 Å². The van der Waals surface area contributed by atoms with Gasteiger partial charge in [0, 0.05) is 12.6 Å². The molecule has 10 heavy (non-hydrogen) atoms. The molecule has 1 fully saturated rings. The second-order valence-corrected chi connectivity index (χ2v) is 3.04. The van der Waals surface area contributed by atoms with Gasteiger partial charge in [0.25, 0.3) is 0 Å². The van der Waals surface area contributed by atoms with Crippen LogP contribution in [0.1, 0.15) is 12.8 Å². The van der Waals surface area contributed by atoms with E-state index in [1.165, 1.54) is 12.8 Å². The molecule has 1 aliphatic rings. The van der Waals surface area contributed by atoms with Crippen molar-refractivity contribution in [3.8, 4) is 0 Å². The summed E-state index contributed by atoms with van der Waals surface area (Å²) < 4.78 is 0. The fourth-order valence-electron chi connectivity index (χ4n) is 1.34. The molecule has 0 spiro atoms. The van der Waals surface area contributed by atoms with Crippen molar-refractivity contribution in [3.63, 3.8) is 0 Å². The summed E-state index contributed by atoms with van der Waals surface area (Å²) in [6, 6.07) is 0.482. The quantitative estimate of drug-likeness (QED) is 0.441. The molecule has 3 N–H and O–H groups in total. The Bertz CT molecular complexity index is 106. The third kappa shape index (κ3) is 2.12. The summed E-state index contributed by atoms with van der Waals surface area (Å²) in [4.78, 5) is 0. The van der Waals surface area contributed by atoms with E-state index in [0.717, 1.165) is 19.0 Å². The van der Waals surface area contributed by atoms with E-state index in [1.807, 2.05) is 6.08 Å². The smallest absolute Gasteiger partial charge is 0.0132 e. The van der Waals surface area contributed by atoms with Gasteiger partial charge in [-0.1, -0.05) is 6.08 Å². The third-order valence-corrected chi connectivity index (χ3v) is 1.99. The Kier molecular flexibility index (Phi) is 2.90. The summed E-state index contributed by atoms with van der Waals surface area (Å²) >= 11 is 0. The summed E-state index contributed by atoms with van der Waals surface area (Å²) in [6.45, 7) is 5.66. The van der Waals surface area contributed by atoms with Crippen LogP contribution in [-0.4, -0.2) is 19.1 Å². The molecule has 0 heterocycles. The molecule has 0 aromatic carbocycles. The van der Waals surface area contributed by atoms with Crippen molar-refractivity contribution in [1.82, 2.24) is 5.32 Å². The molecular weight excluding hydrogens is 124 g/mol. The Morgan fingerprint density at radius 1 is 1.60 bits per heavy atom. The van der Waals surface area contributed by atoms with Gasteiger partial charge in [0.1, 0.15) is 0 Å². The van der Waals surface area contributed by atoms with Crippen LogP contribution in [0, 0.1) is 5.92 Å². The van der Waals surface area contributed by atoms with Crippen LogP contribution in [0.4, 0.5) is 0 Å². The molecule has 1 saturated carbocycles. The SMILES string of the molecule is C=CCNCC1CC(N)C1. The van der Waals surface area contributed by atoms with Gasteiger partial charge in [-0.15, -0.1) is 6.58 Å². The van der Waals surface area contributed by atoms with E-state index in [1.54, 1.807) is 0 Å². The van der Waals surface area contributed by atoms with Crippen LogP contribution in [0.5, 0.6) is 0 Å². The molecule has 0 aliphatic heterocycles. The van der Waals surface area contributed by atoms with Crippen molar-refractivity contribution in [2.45, 2.75) is 18.9 Å². The van der Waals surface area contributed by atoms with Crippen molar-refractivity contribution in [2.24, 2.45) is 11.7 Å². The normalized spacial score (nSPS) is 31.3. The Morgan fingerprint density at radius 3 is 2.80 bits per heavy atom. The average molecular weight is 140 g/mol. The Hall–Kier alpha value is -0.340. The van der Waals surface area contributed by atoms with Crippen LogP contribution >= 0.6 is 0 Å². The highest BCUT2D eigenvalue weighted by Gasteiger charge is 2.24. The third-order valence-electron chi connectivity index (χ3n) is 1.99. The summed E-state index contributed by atoms with van der Waals surface area (Å²) in [6.07, 6.45) is 4.28. The lowest BCUT2D eigenvalue weighted by molar-refractivity contribution is 0.259. The van der Waals surface area contributed by atoms with Gasteiger partial charge in [-0.05, 0) is 25.3 Å². The highest BCUT2D eigenvalue weighted by atomic mass is 14.9. The molecule has 0 saturated heterocycles. The Balaban J connectivity index is 1.90. The average Bonchev–Trinajstić information content (AvgIpc) is 1.85. The highest BCUT2D eigenvalue weighted by molar-refractivity contribution is 4.84. The van der Waals surface area contributed by atoms with Crippen LogP contribution in [0.15, 0.2) is 12.7 Å². The topological polar surface area (TPSA) is 38.0 Å². The molecule has 2 nitrogen and oxygen atoms in total. The highest BCUT2D eigenvalue weighted by Crippen LogP contribution is 2.24. The molecule has 0 amide bonds. The van der Waals surface area contributed by atoms with Crippen molar-refractivity contribution in [1.29, 1.82) is 0 Å². The zero-order chi connectivity index (χ0) is 7.40. The molecule has 1 rings (SSSR count). The first-order valence-corrected chi connectivity index (χ1v) is 3.90. The molecule has 0 aromatic rings.